The zero-order valence-electron chi connectivity index (χ0n) is 10.4. The first kappa shape index (κ1) is 10.6. The van der Waals surface area contributed by atoms with Gasteiger partial charge in [-0.3, -0.25) is 0 Å². The molecule has 0 atom stereocenters. The molecule has 90 valence electrons. The van der Waals surface area contributed by atoms with Crippen molar-refractivity contribution in [1.82, 2.24) is 14.5 Å². The first-order valence-corrected chi connectivity index (χ1v) is 6.35. The average molecular weight is 230 g/mol. The molecular formula is C13H18N4. The van der Waals surface area contributed by atoms with Gasteiger partial charge in [-0.25, -0.2) is 9.97 Å². The van der Waals surface area contributed by atoms with E-state index in [4.69, 9.17) is 0 Å². The normalized spacial score (nSPS) is 15.2. The Kier molecular flexibility index (Phi) is 2.50. The number of fused-ring (bicyclic) bond motifs is 3. The van der Waals surface area contributed by atoms with E-state index in [2.05, 4.69) is 39.8 Å². The molecule has 0 bridgehead atoms. The van der Waals surface area contributed by atoms with Gasteiger partial charge in [-0.1, -0.05) is 0 Å². The fraction of sp³-hybridized carbons (Fsp3) is 0.538. The number of nitrogens with one attached hydrogen (secondary N) is 1. The van der Waals surface area contributed by atoms with Crippen molar-refractivity contribution in [2.24, 2.45) is 0 Å². The summed E-state index contributed by atoms with van der Waals surface area (Å²) in [6, 6.07) is 2.60. The van der Waals surface area contributed by atoms with Gasteiger partial charge in [0, 0.05) is 18.3 Å². The molecule has 1 aliphatic rings. The molecule has 0 fully saturated rings. The molecule has 2 aromatic heterocycles. The van der Waals surface area contributed by atoms with Crippen LogP contribution in [-0.2, 0) is 13.0 Å². The maximum Gasteiger partial charge on any atom is 0.154 e. The Hall–Kier alpha value is -1.58. The second-order valence-electron chi connectivity index (χ2n) is 5.00. The minimum absolute atomic E-state index is 0.392. The van der Waals surface area contributed by atoms with Crippen LogP contribution in [0.5, 0.6) is 0 Å². The monoisotopic (exact) mass is 230 g/mol. The van der Waals surface area contributed by atoms with E-state index in [1.165, 1.54) is 24.1 Å². The first-order valence-electron chi connectivity index (χ1n) is 6.35. The third-order valence-corrected chi connectivity index (χ3v) is 3.26. The van der Waals surface area contributed by atoms with E-state index >= 15 is 0 Å². The zero-order chi connectivity index (χ0) is 11.8. The number of nitrogens with zero attached hydrogens (tertiary/aromatic N) is 3. The number of anilines is 1. The predicted octanol–water partition coefficient (Wildman–Crippen LogP) is 2.59. The Bertz CT molecular complexity index is 542. The summed E-state index contributed by atoms with van der Waals surface area (Å²) in [4.78, 5) is 8.77. The molecule has 3 heterocycles. The summed E-state index contributed by atoms with van der Waals surface area (Å²) < 4.78 is 2.38. The molecule has 0 saturated carbocycles. The lowest BCUT2D eigenvalue weighted by Gasteiger charge is -2.17. The van der Waals surface area contributed by atoms with Gasteiger partial charge in [0.2, 0.25) is 0 Å². The molecular weight excluding hydrogens is 212 g/mol. The summed E-state index contributed by atoms with van der Waals surface area (Å²) in [7, 11) is 0. The van der Waals surface area contributed by atoms with Crippen molar-refractivity contribution in [1.29, 1.82) is 0 Å². The second kappa shape index (κ2) is 4.02. The van der Waals surface area contributed by atoms with Gasteiger partial charge < -0.3 is 9.88 Å². The van der Waals surface area contributed by atoms with E-state index in [1.54, 1.807) is 6.33 Å². The average Bonchev–Trinajstić information content (AvgIpc) is 2.67. The molecule has 0 spiro atoms. The SMILES string of the molecule is CC(C)Nc1ncnc2cc3n(c12)CCCC3. The molecule has 0 radical (unpaired) electrons. The molecule has 2 aromatic rings. The minimum atomic E-state index is 0.392. The molecule has 0 unspecified atom stereocenters. The van der Waals surface area contributed by atoms with Gasteiger partial charge in [0.15, 0.2) is 5.82 Å². The smallest absolute Gasteiger partial charge is 0.154 e. The van der Waals surface area contributed by atoms with Gasteiger partial charge in [-0.15, -0.1) is 0 Å². The standard InChI is InChI=1S/C13H18N4/c1-9(2)16-13-12-11(14-8-15-13)7-10-5-3-4-6-17(10)12/h7-9H,3-6H2,1-2H3,(H,14,15,16). The van der Waals surface area contributed by atoms with Crippen LogP contribution in [0.1, 0.15) is 32.4 Å². The lowest BCUT2D eigenvalue weighted by atomic mass is 10.1. The molecule has 1 aliphatic heterocycles. The van der Waals surface area contributed by atoms with Crippen molar-refractivity contribution in [2.45, 2.75) is 45.7 Å². The van der Waals surface area contributed by atoms with Crippen LogP contribution < -0.4 is 5.32 Å². The Morgan fingerprint density at radius 1 is 1.29 bits per heavy atom. The van der Waals surface area contributed by atoms with E-state index in [9.17, 15) is 0 Å². The quantitative estimate of drug-likeness (QED) is 0.862. The summed E-state index contributed by atoms with van der Waals surface area (Å²) in [6.45, 7) is 5.36. The molecule has 4 heteroatoms. The summed E-state index contributed by atoms with van der Waals surface area (Å²) >= 11 is 0. The van der Waals surface area contributed by atoms with Gasteiger partial charge in [0.25, 0.3) is 0 Å². The van der Waals surface area contributed by atoms with Gasteiger partial charge in [0.1, 0.15) is 11.8 Å². The van der Waals surface area contributed by atoms with Crippen molar-refractivity contribution >= 4 is 16.9 Å². The molecule has 0 aliphatic carbocycles. The molecule has 3 rings (SSSR count). The summed E-state index contributed by atoms with van der Waals surface area (Å²) in [5.41, 5.74) is 3.65. The van der Waals surface area contributed by atoms with Crippen LogP contribution >= 0.6 is 0 Å². The van der Waals surface area contributed by atoms with Crippen LogP contribution in [0.4, 0.5) is 5.82 Å². The first-order chi connectivity index (χ1) is 8.25. The largest absolute Gasteiger partial charge is 0.366 e. The molecule has 0 saturated heterocycles. The maximum absolute atomic E-state index is 4.38. The van der Waals surface area contributed by atoms with Gasteiger partial charge in [0.05, 0.1) is 5.52 Å². The fourth-order valence-corrected chi connectivity index (χ4v) is 2.56. The zero-order valence-corrected chi connectivity index (χ0v) is 10.4. The number of hydrogen-bond acceptors (Lipinski definition) is 3. The topological polar surface area (TPSA) is 42.7 Å². The number of rotatable bonds is 2. The van der Waals surface area contributed by atoms with E-state index in [-0.39, 0.29) is 0 Å². The van der Waals surface area contributed by atoms with E-state index in [1.807, 2.05) is 0 Å². The van der Waals surface area contributed by atoms with Crippen molar-refractivity contribution in [3.63, 3.8) is 0 Å². The van der Waals surface area contributed by atoms with Crippen LogP contribution in [-0.4, -0.2) is 20.6 Å². The number of aryl methyl sites for hydroxylation is 2. The van der Waals surface area contributed by atoms with Crippen molar-refractivity contribution in [2.75, 3.05) is 5.32 Å². The molecule has 0 aromatic carbocycles. The Labute approximate surface area is 101 Å². The highest BCUT2D eigenvalue weighted by Crippen LogP contribution is 2.28. The van der Waals surface area contributed by atoms with E-state index < -0.39 is 0 Å². The predicted molar refractivity (Wildman–Crippen MR) is 69.2 cm³/mol. The van der Waals surface area contributed by atoms with Crippen molar-refractivity contribution in [3.8, 4) is 0 Å². The second-order valence-corrected chi connectivity index (χ2v) is 5.00. The lowest BCUT2D eigenvalue weighted by Crippen LogP contribution is -2.14. The van der Waals surface area contributed by atoms with Gasteiger partial charge in [-0.05, 0) is 39.2 Å². The van der Waals surface area contributed by atoms with Crippen molar-refractivity contribution in [3.05, 3.63) is 18.1 Å². The maximum atomic E-state index is 4.38. The molecule has 17 heavy (non-hydrogen) atoms. The van der Waals surface area contributed by atoms with Crippen LogP contribution in [0, 0.1) is 0 Å². The summed E-state index contributed by atoms with van der Waals surface area (Å²) in [5, 5.41) is 3.41. The molecule has 0 amide bonds. The Morgan fingerprint density at radius 3 is 3.00 bits per heavy atom. The summed E-state index contributed by atoms with van der Waals surface area (Å²) in [5.74, 6) is 0.971. The number of aromatic nitrogens is 3. The third-order valence-electron chi connectivity index (χ3n) is 3.26. The van der Waals surface area contributed by atoms with Crippen LogP contribution in [0.2, 0.25) is 0 Å². The van der Waals surface area contributed by atoms with Gasteiger partial charge in [-0.2, -0.15) is 0 Å². The molecule has 4 nitrogen and oxygen atoms in total. The number of hydrogen-bond donors (Lipinski definition) is 1. The van der Waals surface area contributed by atoms with Crippen LogP contribution in [0.3, 0.4) is 0 Å². The highest BCUT2D eigenvalue weighted by Gasteiger charge is 2.17. The Morgan fingerprint density at radius 2 is 2.18 bits per heavy atom. The van der Waals surface area contributed by atoms with Crippen LogP contribution in [0.25, 0.3) is 11.0 Å². The van der Waals surface area contributed by atoms with Crippen LogP contribution in [0.15, 0.2) is 12.4 Å². The molecule has 1 N–H and O–H groups in total. The van der Waals surface area contributed by atoms with Crippen molar-refractivity contribution < 1.29 is 0 Å². The highest BCUT2D eigenvalue weighted by atomic mass is 15.1. The van der Waals surface area contributed by atoms with E-state index in [0.717, 1.165) is 24.3 Å². The fourth-order valence-electron chi connectivity index (χ4n) is 2.56. The third kappa shape index (κ3) is 1.77. The highest BCUT2D eigenvalue weighted by molar-refractivity contribution is 5.87. The van der Waals surface area contributed by atoms with E-state index in [0.29, 0.717) is 6.04 Å². The minimum Gasteiger partial charge on any atom is -0.366 e. The van der Waals surface area contributed by atoms with Gasteiger partial charge >= 0.3 is 0 Å². The lowest BCUT2D eigenvalue weighted by molar-refractivity contribution is 0.545. The summed E-state index contributed by atoms with van der Waals surface area (Å²) in [6.07, 6.45) is 5.36. The Balaban J connectivity index is 2.18.